The zero-order chi connectivity index (χ0) is 15.4. The molecule has 22 heavy (non-hydrogen) atoms. The zero-order valence-electron chi connectivity index (χ0n) is 12.8. The van der Waals surface area contributed by atoms with Crippen LogP contribution >= 0.6 is 0 Å². The summed E-state index contributed by atoms with van der Waals surface area (Å²) in [6, 6.07) is 16.6. The van der Waals surface area contributed by atoms with Gasteiger partial charge in [0.25, 0.3) is 0 Å². The van der Waals surface area contributed by atoms with Gasteiger partial charge in [-0.3, -0.25) is 0 Å². The van der Waals surface area contributed by atoms with Crippen LogP contribution < -0.4 is 9.80 Å². The molecule has 112 valence electrons. The third kappa shape index (κ3) is 3.04. The number of hydrogen-bond donors (Lipinski definition) is 0. The lowest BCUT2D eigenvalue weighted by molar-refractivity contribution is 0.480. The van der Waals surface area contributed by atoms with E-state index in [0.717, 1.165) is 31.7 Å². The third-order valence-corrected chi connectivity index (χ3v) is 4.38. The van der Waals surface area contributed by atoms with Crippen LogP contribution in [0.25, 0.3) is 0 Å². The van der Waals surface area contributed by atoms with E-state index in [0.29, 0.717) is 11.6 Å². The number of aromatic nitrogens is 1. The molecule has 0 unspecified atom stereocenters. The molecule has 2 heterocycles. The van der Waals surface area contributed by atoms with Crippen LogP contribution in [0, 0.1) is 11.3 Å². The van der Waals surface area contributed by atoms with Crippen molar-refractivity contribution < 1.29 is 0 Å². The second-order valence-electron chi connectivity index (χ2n) is 5.68. The van der Waals surface area contributed by atoms with Gasteiger partial charge in [-0.25, -0.2) is 4.98 Å². The number of pyridine rings is 1. The first kappa shape index (κ1) is 14.4. The lowest BCUT2D eigenvalue weighted by atomic mass is 10.0. The predicted octanol–water partition coefficient (Wildman–Crippen LogP) is 3.06. The highest BCUT2D eigenvalue weighted by atomic mass is 15.2. The first-order valence-electron chi connectivity index (χ1n) is 7.67. The lowest BCUT2D eigenvalue weighted by Gasteiger charge is -2.38. The van der Waals surface area contributed by atoms with E-state index in [4.69, 9.17) is 5.26 Å². The SMILES string of the molecule is CN(c1ccccn1)C1CCN(c2ccc(C#N)cc2)CC1. The van der Waals surface area contributed by atoms with E-state index in [1.54, 1.807) is 0 Å². The molecule has 0 amide bonds. The van der Waals surface area contributed by atoms with Crippen molar-refractivity contribution in [1.29, 1.82) is 5.26 Å². The number of hydrogen-bond acceptors (Lipinski definition) is 4. The number of nitriles is 1. The summed E-state index contributed by atoms with van der Waals surface area (Å²) in [6.45, 7) is 2.07. The quantitative estimate of drug-likeness (QED) is 0.872. The highest BCUT2D eigenvalue weighted by Gasteiger charge is 2.23. The van der Waals surface area contributed by atoms with Crippen molar-refractivity contribution in [1.82, 2.24) is 4.98 Å². The van der Waals surface area contributed by atoms with E-state index in [1.165, 1.54) is 5.69 Å². The van der Waals surface area contributed by atoms with E-state index >= 15 is 0 Å². The predicted molar refractivity (Wildman–Crippen MR) is 89.0 cm³/mol. The van der Waals surface area contributed by atoms with E-state index in [1.807, 2.05) is 42.6 Å². The molecular weight excluding hydrogens is 272 g/mol. The average Bonchev–Trinajstić information content (AvgIpc) is 2.62. The Morgan fingerprint density at radius 3 is 2.45 bits per heavy atom. The van der Waals surface area contributed by atoms with Crippen LogP contribution in [-0.4, -0.2) is 31.2 Å². The molecule has 0 bridgehead atoms. The van der Waals surface area contributed by atoms with Crippen LogP contribution in [0.4, 0.5) is 11.5 Å². The standard InChI is InChI=1S/C18H20N4/c1-21(18-4-2-3-11-20-18)16-9-12-22(13-10-16)17-7-5-15(14-19)6-8-17/h2-8,11,16H,9-10,12-13H2,1H3. The van der Waals surface area contributed by atoms with E-state index in [2.05, 4.69) is 34.0 Å². The molecule has 1 aromatic heterocycles. The van der Waals surface area contributed by atoms with Gasteiger partial charge in [-0.2, -0.15) is 5.26 Å². The van der Waals surface area contributed by atoms with Gasteiger partial charge >= 0.3 is 0 Å². The molecule has 0 aliphatic carbocycles. The fourth-order valence-corrected chi connectivity index (χ4v) is 3.01. The van der Waals surface area contributed by atoms with Gasteiger partial charge in [-0.1, -0.05) is 6.07 Å². The Hall–Kier alpha value is -2.54. The third-order valence-electron chi connectivity index (χ3n) is 4.38. The minimum Gasteiger partial charge on any atom is -0.371 e. The van der Waals surface area contributed by atoms with Gasteiger partial charge in [0.15, 0.2) is 0 Å². The molecule has 3 rings (SSSR count). The number of anilines is 2. The van der Waals surface area contributed by atoms with E-state index in [9.17, 15) is 0 Å². The topological polar surface area (TPSA) is 43.2 Å². The van der Waals surface area contributed by atoms with Crippen molar-refractivity contribution in [3.63, 3.8) is 0 Å². The first-order chi connectivity index (χ1) is 10.8. The Morgan fingerprint density at radius 1 is 1.14 bits per heavy atom. The number of nitrogens with zero attached hydrogens (tertiary/aromatic N) is 4. The number of rotatable bonds is 3. The molecule has 1 saturated heterocycles. The molecule has 0 saturated carbocycles. The van der Waals surface area contributed by atoms with E-state index in [-0.39, 0.29) is 0 Å². The Morgan fingerprint density at radius 2 is 1.86 bits per heavy atom. The summed E-state index contributed by atoms with van der Waals surface area (Å²) < 4.78 is 0. The molecule has 0 atom stereocenters. The Labute approximate surface area is 131 Å². The van der Waals surface area contributed by atoms with Gasteiger partial charge in [0.1, 0.15) is 5.82 Å². The summed E-state index contributed by atoms with van der Waals surface area (Å²) >= 11 is 0. The highest BCUT2D eigenvalue weighted by molar-refractivity contribution is 5.50. The smallest absolute Gasteiger partial charge is 0.128 e. The second kappa shape index (κ2) is 6.48. The molecule has 0 spiro atoms. The first-order valence-corrected chi connectivity index (χ1v) is 7.67. The summed E-state index contributed by atoms with van der Waals surface area (Å²) in [7, 11) is 2.13. The van der Waals surface area contributed by atoms with Gasteiger partial charge < -0.3 is 9.80 Å². The summed E-state index contributed by atoms with van der Waals surface area (Å²) in [4.78, 5) is 9.11. The minimum absolute atomic E-state index is 0.532. The van der Waals surface area contributed by atoms with Gasteiger partial charge in [0.05, 0.1) is 11.6 Å². The number of benzene rings is 1. The molecule has 2 aromatic rings. The minimum atomic E-state index is 0.532. The second-order valence-corrected chi connectivity index (χ2v) is 5.68. The van der Waals surface area contributed by atoms with Crippen LogP contribution in [-0.2, 0) is 0 Å². The Balaban J connectivity index is 1.61. The van der Waals surface area contributed by atoms with Crippen LogP contribution in [0.15, 0.2) is 48.7 Å². The molecule has 4 heteroatoms. The van der Waals surface area contributed by atoms with Crippen LogP contribution in [0.3, 0.4) is 0 Å². The fraction of sp³-hybridized carbons (Fsp3) is 0.333. The molecule has 0 radical (unpaired) electrons. The fourth-order valence-electron chi connectivity index (χ4n) is 3.01. The van der Waals surface area contributed by atoms with Crippen molar-refractivity contribution >= 4 is 11.5 Å². The van der Waals surface area contributed by atoms with Crippen molar-refractivity contribution in [2.24, 2.45) is 0 Å². The van der Waals surface area contributed by atoms with Gasteiger partial charge in [0.2, 0.25) is 0 Å². The average molecular weight is 292 g/mol. The van der Waals surface area contributed by atoms with Crippen molar-refractivity contribution in [2.75, 3.05) is 29.9 Å². The van der Waals surface area contributed by atoms with Crippen molar-refractivity contribution in [3.8, 4) is 6.07 Å². The summed E-state index contributed by atoms with van der Waals surface area (Å²) in [5.41, 5.74) is 1.92. The van der Waals surface area contributed by atoms with Gasteiger partial charge in [-0.15, -0.1) is 0 Å². The Bertz CT molecular complexity index is 637. The summed E-state index contributed by atoms with van der Waals surface area (Å²) in [5, 5.41) is 8.87. The largest absolute Gasteiger partial charge is 0.371 e. The Kier molecular flexibility index (Phi) is 4.24. The maximum Gasteiger partial charge on any atom is 0.128 e. The number of piperidine rings is 1. The summed E-state index contributed by atoms with van der Waals surface area (Å²) in [6.07, 6.45) is 4.08. The summed E-state index contributed by atoms with van der Waals surface area (Å²) in [5.74, 6) is 1.04. The molecule has 0 N–H and O–H groups in total. The van der Waals surface area contributed by atoms with Crippen LogP contribution in [0.5, 0.6) is 0 Å². The zero-order valence-corrected chi connectivity index (χ0v) is 12.8. The van der Waals surface area contributed by atoms with Gasteiger partial charge in [0, 0.05) is 38.1 Å². The maximum atomic E-state index is 8.87. The molecule has 1 fully saturated rings. The normalized spacial score (nSPS) is 15.4. The molecule has 1 aliphatic heterocycles. The van der Waals surface area contributed by atoms with Crippen molar-refractivity contribution in [3.05, 3.63) is 54.2 Å². The monoisotopic (exact) mass is 292 g/mol. The van der Waals surface area contributed by atoms with E-state index < -0.39 is 0 Å². The molecule has 1 aromatic carbocycles. The lowest BCUT2D eigenvalue weighted by Crippen LogP contribution is -2.43. The van der Waals surface area contributed by atoms with Crippen LogP contribution in [0.1, 0.15) is 18.4 Å². The van der Waals surface area contributed by atoms with Gasteiger partial charge in [-0.05, 0) is 49.2 Å². The molecular formula is C18H20N4. The van der Waals surface area contributed by atoms with Crippen molar-refractivity contribution in [2.45, 2.75) is 18.9 Å². The molecule has 1 aliphatic rings. The van der Waals surface area contributed by atoms with Crippen LogP contribution in [0.2, 0.25) is 0 Å². The highest BCUT2D eigenvalue weighted by Crippen LogP contribution is 2.24. The molecule has 4 nitrogen and oxygen atoms in total. The maximum absolute atomic E-state index is 8.87.